The zero-order valence-corrected chi connectivity index (χ0v) is 11.9. The van der Waals surface area contributed by atoms with E-state index < -0.39 is 0 Å². The van der Waals surface area contributed by atoms with Gasteiger partial charge in [0.1, 0.15) is 5.75 Å². The normalized spacial score (nSPS) is 22.2. The maximum absolute atomic E-state index is 5.85. The maximum atomic E-state index is 5.85. The first-order chi connectivity index (χ1) is 9.83. The van der Waals surface area contributed by atoms with Gasteiger partial charge in [-0.2, -0.15) is 0 Å². The van der Waals surface area contributed by atoms with E-state index in [0.717, 1.165) is 25.4 Å². The highest BCUT2D eigenvalue weighted by Gasteiger charge is 2.35. The summed E-state index contributed by atoms with van der Waals surface area (Å²) in [6.07, 6.45) is 0. The van der Waals surface area contributed by atoms with Crippen molar-refractivity contribution < 1.29 is 4.74 Å². The van der Waals surface area contributed by atoms with Crippen LogP contribution in [-0.2, 0) is 6.54 Å². The molecule has 0 aliphatic carbocycles. The van der Waals surface area contributed by atoms with E-state index in [4.69, 9.17) is 4.74 Å². The molecule has 0 N–H and O–H groups in total. The quantitative estimate of drug-likeness (QED) is 0.821. The van der Waals surface area contributed by atoms with Crippen LogP contribution in [0.5, 0.6) is 5.75 Å². The van der Waals surface area contributed by atoms with Crippen molar-refractivity contribution in [2.45, 2.75) is 19.5 Å². The first-order valence-electron chi connectivity index (χ1n) is 7.29. The van der Waals surface area contributed by atoms with Gasteiger partial charge < -0.3 is 4.74 Å². The molecule has 2 nitrogen and oxygen atoms in total. The van der Waals surface area contributed by atoms with Crippen molar-refractivity contribution >= 4 is 0 Å². The molecule has 2 aromatic carbocycles. The summed E-state index contributed by atoms with van der Waals surface area (Å²) >= 11 is 0. The van der Waals surface area contributed by atoms with Crippen molar-refractivity contribution in [3.8, 4) is 5.75 Å². The van der Waals surface area contributed by atoms with Gasteiger partial charge in [-0.3, -0.25) is 4.90 Å². The molecule has 1 fully saturated rings. The first kappa shape index (κ1) is 13.2. The van der Waals surface area contributed by atoms with Crippen LogP contribution in [0.25, 0.3) is 0 Å². The summed E-state index contributed by atoms with van der Waals surface area (Å²) in [5.74, 6) is 1.61. The molecule has 20 heavy (non-hydrogen) atoms. The minimum atomic E-state index is 0.596. The Hall–Kier alpha value is -1.80. The summed E-state index contributed by atoms with van der Waals surface area (Å²) in [5.41, 5.74) is 1.39. The van der Waals surface area contributed by atoms with Gasteiger partial charge in [-0.15, -0.1) is 0 Å². The van der Waals surface area contributed by atoms with Crippen LogP contribution in [0.2, 0.25) is 0 Å². The molecule has 0 spiro atoms. The Labute approximate surface area is 121 Å². The molecule has 0 aromatic heterocycles. The Morgan fingerprint density at radius 3 is 2.30 bits per heavy atom. The van der Waals surface area contributed by atoms with Gasteiger partial charge >= 0.3 is 0 Å². The van der Waals surface area contributed by atoms with Crippen LogP contribution in [0, 0.1) is 5.92 Å². The van der Waals surface area contributed by atoms with E-state index in [0.29, 0.717) is 12.0 Å². The lowest BCUT2D eigenvalue weighted by atomic mass is 9.90. The van der Waals surface area contributed by atoms with Crippen molar-refractivity contribution in [3.05, 3.63) is 66.2 Å². The Kier molecular flexibility index (Phi) is 4.03. The van der Waals surface area contributed by atoms with Crippen LogP contribution in [-0.4, -0.2) is 24.1 Å². The van der Waals surface area contributed by atoms with E-state index in [1.807, 2.05) is 30.3 Å². The largest absolute Gasteiger partial charge is 0.493 e. The van der Waals surface area contributed by atoms with Crippen molar-refractivity contribution in [3.63, 3.8) is 0 Å². The van der Waals surface area contributed by atoms with Crippen LogP contribution in [0.4, 0.5) is 0 Å². The van der Waals surface area contributed by atoms with Gasteiger partial charge in [0, 0.05) is 25.0 Å². The summed E-state index contributed by atoms with van der Waals surface area (Å²) in [4.78, 5) is 2.51. The van der Waals surface area contributed by atoms with Crippen molar-refractivity contribution in [1.82, 2.24) is 4.90 Å². The minimum Gasteiger partial charge on any atom is -0.493 e. The molecule has 0 amide bonds. The smallest absolute Gasteiger partial charge is 0.119 e. The molecule has 2 aromatic rings. The lowest BCUT2D eigenvalue weighted by Crippen LogP contribution is -2.55. The van der Waals surface area contributed by atoms with Gasteiger partial charge in [0.15, 0.2) is 0 Å². The predicted molar refractivity (Wildman–Crippen MR) is 81.7 cm³/mol. The molecule has 0 unspecified atom stereocenters. The van der Waals surface area contributed by atoms with Crippen LogP contribution in [0.3, 0.4) is 0 Å². The Balaban J connectivity index is 1.46. The van der Waals surface area contributed by atoms with E-state index in [9.17, 15) is 0 Å². The molecule has 3 rings (SSSR count). The third-order valence-electron chi connectivity index (χ3n) is 4.16. The number of nitrogens with zero attached hydrogens (tertiary/aromatic N) is 1. The third-order valence-corrected chi connectivity index (χ3v) is 4.16. The summed E-state index contributed by atoms with van der Waals surface area (Å²) in [6.45, 7) is 5.29. The summed E-state index contributed by atoms with van der Waals surface area (Å²) < 4.78 is 5.85. The highest BCUT2D eigenvalue weighted by atomic mass is 16.5. The fourth-order valence-corrected chi connectivity index (χ4v) is 2.72. The second-order valence-corrected chi connectivity index (χ2v) is 5.54. The van der Waals surface area contributed by atoms with Crippen LogP contribution in [0.1, 0.15) is 12.5 Å². The molecule has 0 saturated carbocycles. The number of hydrogen-bond acceptors (Lipinski definition) is 2. The number of likely N-dealkylation sites (tertiary alicyclic amines) is 1. The Morgan fingerprint density at radius 1 is 1.00 bits per heavy atom. The molecule has 2 heteroatoms. The number of rotatable bonds is 5. The summed E-state index contributed by atoms with van der Waals surface area (Å²) in [7, 11) is 0. The molecule has 2 atom stereocenters. The molecular formula is C18H21NO. The van der Waals surface area contributed by atoms with E-state index in [1.165, 1.54) is 5.56 Å². The Morgan fingerprint density at radius 2 is 1.65 bits per heavy atom. The number of hydrogen-bond donors (Lipinski definition) is 0. The van der Waals surface area contributed by atoms with Crippen molar-refractivity contribution in [1.29, 1.82) is 0 Å². The van der Waals surface area contributed by atoms with Crippen LogP contribution < -0.4 is 4.74 Å². The molecule has 0 radical (unpaired) electrons. The fourth-order valence-electron chi connectivity index (χ4n) is 2.72. The molecule has 1 saturated heterocycles. The molecule has 1 aliphatic heterocycles. The van der Waals surface area contributed by atoms with Crippen molar-refractivity contribution in [2.24, 2.45) is 5.92 Å². The maximum Gasteiger partial charge on any atom is 0.119 e. The fraction of sp³-hybridized carbons (Fsp3) is 0.333. The highest BCUT2D eigenvalue weighted by Crippen LogP contribution is 2.27. The molecule has 1 heterocycles. The SMILES string of the molecule is C[C@@H]1[C@@H](COc2ccccc2)CN1Cc1ccccc1. The predicted octanol–water partition coefficient (Wildman–Crippen LogP) is 3.59. The highest BCUT2D eigenvalue weighted by molar-refractivity contribution is 5.21. The molecule has 104 valence electrons. The lowest BCUT2D eigenvalue weighted by molar-refractivity contribution is -0.00638. The van der Waals surface area contributed by atoms with Crippen LogP contribution >= 0.6 is 0 Å². The van der Waals surface area contributed by atoms with E-state index in [2.05, 4.69) is 42.2 Å². The topological polar surface area (TPSA) is 12.5 Å². The van der Waals surface area contributed by atoms with E-state index in [-0.39, 0.29) is 0 Å². The van der Waals surface area contributed by atoms with Gasteiger partial charge in [-0.1, -0.05) is 48.5 Å². The zero-order valence-electron chi connectivity index (χ0n) is 11.9. The minimum absolute atomic E-state index is 0.596. The van der Waals surface area contributed by atoms with Gasteiger partial charge in [0.25, 0.3) is 0 Å². The monoisotopic (exact) mass is 267 g/mol. The summed E-state index contributed by atoms with van der Waals surface area (Å²) in [5, 5.41) is 0. The zero-order chi connectivity index (χ0) is 13.8. The van der Waals surface area contributed by atoms with Gasteiger partial charge in [-0.25, -0.2) is 0 Å². The van der Waals surface area contributed by atoms with Crippen molar-refractivity contribution in [2.75, 3.05) is 13.2 Å². The number of ether oxygens (including phenoxy) is 1. The number of para-hydroxylation sites is 1. The first-order valence-corrected chi connectivity index (χ1v) is 7.29. The van der Waals surface area contributed by atoms with Gasteiger partial charge in [0.2, 0.25) is 0 Å². The molecule has 1 aliphatic rings. The van der Waals surface area contributed by atoms with E-state index in [1.54, 1.807) is 0 Å². The average molecular weight is 267 g/mol. The molecule has 0 bridgehead atoms. The second-order valence-electron chi connectivity index (χ2n) is 5.54. The Bertz CT molecular complexity index is 526. The second kappa shape index (κ2) is 6.10. The van der Waals surface area contributed by atoms with E-state index >= 15 is 0 Å². The third kappa shape index (κ3) is 3.02. The van der Waals surface area contributed by atoms with Crippen LogP contribution in [0.15, 0.2) is 60.7 Å². The standard InChI is InChI=1S/C18H21NO/c1-15-17(14-20-18-10-6-3-7-11-18)13-19(15)12-16-8-4-2-5-9-16/h2-11,15,17H,12-14H2,1H3/t15-,17-/m1/s1. The lowest BCUT2D eigenvalue weighted by Gasteiger charge is -2.46. The summed E-state index contributed by atoms with van der Waals surface area (Å²) in [6, 6.07) is 21.4. The van der Waals surface area contributed by atoms with Gasteiger partial charge in [0.05, 0.1) is 6.61 Å². The average Bonchev–Trinajstić information content (AvgIpc) is 2.52. The number of benzene rings is 2. The van der Waals surface area contributed by atoms with Gasteiger partial charge in [-0.05, 0) is 24.6 Å². The molecular weight excluding hydrogens is 246 g/mol.